The van der Waals surface area contributed by atoms with Crippen LogP contribution in [-0.4, -0.2) is 62.8 Å². The second-order valence-corrected chi connectivity index (χ2v) is 3.03. The molecule has 0 amide bonds. The predicted octanol–water partition coefficient (Wildman–Crippen LogP) is -3.01. The standard InChI is InChI=1S/C6H11NO8/c8-1-2-3(9)4(10)5(11)6(14-2)15-7(12)13/h2-6,8-11H,1H2/t2-,3+,4+,5-,6?/m1/s1. The summed E-state index contributed by atoms with van der Waals surface area (Å²) in [5.74, 6) is 0. The van der Waals surface area contributed by atoms with Crippen molar-refractivity contribution in [2.24, 2.45) is 0 Å². The monoisotopic (exact) mass is 225 g/mol. The van der Waals surface area contributed by atoms with Crippen LogP contribution in [0.25, 0.3) is 0 Å². The molecule has 4 N–H and O–H groups in total. The maximum absolute atomic E-state index is 9.98. The minimum absolute atomic E-state index is 0.664. The highest BCUT2D eigenvalue weighted by Crippen LogP contribution is 2.21. The molecular weight excluding hydrogens is 214 g/mol. The third kappa shape index (κ3) is 2.52. The molecule has 0 bridgehead atoms. The molecule has 1 unspecified atom stereocenters. The van der Waals surface area contributed by atoms with Gasteiger partial charge >= 0.3 is 0 Å². The summed E-state index contributed by atoms with van der Waals surface area (Å²) in [6.45, 7) is -0.664. The molecule has 88 valence electrons. The van der Waals surface area contributed by atoms with Crippen molar-refractivity contribution in [2.75, 3.05) is 6.61 Å². The molecule has 0 aromatic heterocycles. The molecule has 9 heteroatoms. The fourth-order valence-corrected chi connectivity index (χ4v) is 1.24. The molecular formula is C6H11NO8. The van der Waals surface area contributed by atoms with E-state index < -0.39 is 42.4 Å². The molecule has 1 fully saturated rings. The summed E-state index contributed by atoms with van der Waals surface area (Å²) in [5.41, 5.74) is 0. The molecule has 1 heterocycles. The van der Waals surface area contributed by atoms with Crippen LogP contribution >= 0.6 is 0 Å². The minimum Gasteiger partial charge on any atom is -0.394 e. The quantitative estimate of drug-likeness (QED) is 0.294. The molecule has 0 saturated carbocycles. The Hall–Kier alpha value is -1.00. The van der Waals surface area contributed by atoms with E-state index in [0.717, 1.165) is 0 Å². The predicted molar refractivity (Wildman–Crippen MR) is 41.8 cm³/mol. The van der Waals surface area contributed by atoms with Crippen LogP contribution in [0.4, 0.5) is 0 Å². The van der Waals surface area contributed by atoms with E-state index in [9.17, 15) is 25.4 Å². The Morgan fingerprint density at radius 1 is 1.27 bits per heavy atom. The average Bonchev–Trinajstić information content (AvgIpc) is 2.18. The fourth-order valence-electron chi connectivity index (χ4n) is 1.24. The van der Waals surface area contributed by atoms with E-state index in [0.29, 0.717) is 0 Å². The first kappa shape index (κ1) is 12.1. The van der Waals surface area contributed by atoms with Gasteiger partial charge < -0.3 is 25.2 Å². The summed E-state index contributed by atoms with van der Waals surface area (Å²) in [5, 5.41) is 45.2. The zero-order valence-corrected chi connectivity index (χ0v) is 7.46. The van der Waals surface area contributed by atoms with Crippen LogP contribution in [0.1, 0.15) is 0 Å². The highest BCUT2D eigenvalue weighted by Gasteiger charge is 2.45. The van der Waals surface area contributed by atoms with Crippen LogP contribution < -0.4 is 0 Å². The van der Waals surface area contributed by atoms with Crippen LogP contribution in [0.5, 0.6) is 0 Å². The number of hydrogen-bond donors (Lipinski definition) is 4. The van der Waals surface area contributed by atoms with Gasteiger partial charge in [-0.3, -0.25) is 4.84 Å². The summed E-state index contributed by atoms with van der Waals surface area (Å²) in [7, 11) is 0. The van der Waals surface area contributed by atoms with E-state index in [1.165, 1.54) is 0 Å². The zero-order chi connectivity index (χ0) is 11.6. The van der Waals surface area contributed by atoms with Gasteiger partial charge in [-0.05, 0) is 0 Å². The smallest absolute Gasteiger partial charge is 0.297 e. The van der Waals surface area contributed by atoms with Gasteiger partial charge in [0, 0.05) is 0 Å². The third-order valence-corrected chi connectivity index (χ3v) is 2.04. The largest absolute Gasteiger partial charge is 0.394 e. The molecule has 0 spiro atoms. The number of rotatable bonds is 3. The lowest BCUT2D eigenvalue weighted by Gasteiger charge is -2.38. The van der Waals surface area contributed by atoms with Gasteiger partial charge in [0.15, 0.2) is 0 Å². The molecule has 0 radical (unpaired) electrons. The maximum atomic E-state index is 9.98. The van der Waals surface area contributed by atoms with E-state index in [1.54, 1.807) is 0 Å². The molecule has 1 aliphatic heterocycles. The van der Waals surface area contributed by atoms with Gasteiger partial charge in [0.05, 0.1) is 6.61 Å². The summed E-state index contributed by atoms with van der Waals surface area (Å²) in [6, 6.07) is 0. The van der Waals surface area contributed by atoms with Crippen LogP contribution in [0.15, 0.2) is 0 Å². The first-order valence-corrected chi connectivity index (χ1v) is 4.09. The zero-order valence-electron chi connectivity index (χ0n) is 7.46. The van der Waals surface area contributed by atoms with E-state index in [1.807, 2.05) is 0 Å². The van der Waals surface area contributed by atoms with Gasteiger partial charge in [0.1, 0.15) is 24.4 Å². The van der Waals surface area contributed by atoms with Crippen LogP contribution in [0.3, 0.4) is 0 Å². The topological polar surface area (TPSA) is 143 Å². The van der Waals surface area contributed by atoms with Crippen LogP contribution in [-0.2, 0) is 9.57 Å². The van der Waals surface area contributed by atoms with E-state index >= 15 is 0 Å². The van der Waals surface area contributed by atoms with Gasteiger partial charge in [-0.15, -0.1) is 10.1 Å². The number of hydrogen-bond acceptors (Lipinski definition) is 8. The Kier molecular flexibility index (Phi) is 3.77. The molecule has 9 nitrogen and oxygen atoms in total. The van der Waals surface area contributed by atoms with Gasteiger partial charge in [-0.1, -0.05) is 0 Å². The van der Waals surface area contributed by atoms with Crippen molar-refractivity contribution < 1.29 is 35.1 Å². The van der Waals surface area contributed by atoms with Gasteiger partial charge in [-0.25, -0.2) is 0 Å². The number of ether oxygens (including phenoxy) is 1. The lowest BCUT2D eigenvalue weighted by molar-refractivity contribution is -0.785. The van der Waals surface area contributed by atoms with Gasteiger partial charge in [-0.2, -0.15) is 0 Å². The molecule has 1 aliphatic rings. The fraction of sp³-hybridized carbons (Fsp3) is 1.00. The molecule has 1 rings (SSSR count). The Morgan fingerprint density at radius 3 is 2.33 bits per heavy atom. The summed E-state index contributed by atoms with van der Waals surface area (Å²) in [6.07, 6.45) is -7.94. The van der Waals surface area contributed by atoms with Crippen molar-refractivity contribution >= 4 is 0 Å². The minimum atomic E-state index is -1.76. The molecule has 0 aromatic rings. The van der Waals surface area contributed by atoms with Crippen molar-refractivity contribution in [3.63, 3.8) is 0 Å². The lowest BCUT2D eigenvalue weighted by atomic mass is 9.99. The van der Waals surface area contributed by atoms with Crippen molar-refractivity contribution in [3.8, 4) is 0 Å². The highest BCUT2D eigenvalue weighted by molar-refractivity contribution is 4.88. The van der Waals surface area contributed by atoms with Crippen molar-refractivity contribution in [3.05, 3.63) is 10.1 Å². The van der Waals surface area contributed by atoms with Crippen molar-refractivity contribution in [1.82, 2.24) is 0 Å². The summed E-state index contributed by atoms with van der Waals surface area (Å²) in [4.78, 5) is 13.9. The van der Waals surface area contributed by atoms with E-state index in [2.05, 4.69) is 9.57 Å². The molecule has 0 aliphatic carbocycles. The van der Waals surface area contributed by atoms with Crippen LogP contribution in [0.2, 0.25) is 0 Å². The van der Waals surface area contributed by atoms with Gasteiger partial charge in [0.25, 0.3) is 5.09 Å². The Bertz CT molecular complexity index is 233. The van der Waals surface area contributed by atoms with Crippen molar-refractivity contribution in [2.45, 2.75) is 30.7 Å². The van der Waals surface area contributed by atoms with Crippen molar-refractivity contribution in [1.29, 1.82) is 0 Å². The second-order valence-electron chi connectivity index (χ2n) is 3.03. The maximum Gasteiger partial charge on any atom is 0.297 e. The first-order chi connectivity index (χ1) is 6.97. The Labute approximate surface area is 83.6 Å². The average molecular weight is 225 g/mol. The van der Waals surface area contributed by atoms with E-state index in [4.69, 9.17) is 5.11 Å². The lowest BCUT2D eigenvalue weighted by Crippen LogP contribution is -2.59. The number of aliphatic hydroxyl groups is 4. The normalized spacial score (nSPS) is 41.2. The first-order valence-electron chi connectivity index (χ1n) is 4.09. The Morgan fingerprint density at radius 2 is 1.87 bits per heavy atom. The highest BCUT2D eigenvalue weighted by atomic mass is 17.0. The Balaban J connectivity index is 2.69. The SMILES string of the molecule is O=[N+]([O-])OC1O[C@H](CO)[C@H](O)[C@H](O)[C@H]1O. The molecule has 15 heavy (non-hydrogen) atoms. The van der Waals surface area contributed by atoms with Crippen LogP contribution in [0, 0.1) is 10.1 Å². The molecule has 0 aromatic carbocycles. The number of nitrogens with zero attached hydrogens (tertiary/aromatic N) is 1. The van der Waals surface area contributed by atoms with Gasteiger partial charge in [0.2, 0.25) is 6.29 Å². The molecule has 1 saturated heterocycles. The third-order valence-electron chi connectivity index (χ3n) is 2.04. The summed E-state index contributed by atoms with van der Waals surface area (Å²) >= 11 is 0. The molecule has 5 atom stereocenters. The second kappa shape index (κ2) is 4.68. The van der Waals surface area contributed by atoms with E-state index in [-0.39, 0.29) is 0 Å². The summed E-state index contributed by atoms with van der Waals surface area (Å²) < 4.78 is 4.67. The number of aliphatic hydroxyl groups excluding tert-OH is 4.